The van der Waals surface area contributed by atoms with Crippen molar-refractivity contribution >= 4 is 17.8 Å². The lowest BCUT2D eigenvalue weighted by molar-refractivity contribution is -0.143. The number of nitrogens with zero attached hydrogens (tertiary/aromatic N) is 2. The number of methoxy groups -OCH3 is 1. The maximum atomic E-state index is 12.0. The Kier molecular flexibility index (Phi) is 6.48. The summed E-state index contributed by atoms with van der Waals surface area (Å²) < 4.78 is 4.52. The molecule has 0 aliphatic carbocycles. The Morgan fingerprint density at radius 3 is 2.20 bits per heavy atom. The van der Waals surface area contributed by atoms with Crippen molar-refractivity contribution in [1.82, 2.24) is 9.80 Å². The average molecular weight is 284 g/mol. The van der Waals surface area contributed by atoms with E-state index in [1.54, 1.807) is 4.90 Å². The molecule has 1 heterocycles. The second-order valence-corrected chi connectivity index (χ2v) is 5.29. The molecule has 6 heteroatoms. The van der Waals surface area contributed by atoms with E-state index in [1.807, 2.05) is 18.7 Å². The van der Waals surface area contributed by atoms with Crippen LogP contribution >= 0.6 is 0 Å². The first-order valence-corrected chi connectivity index (χ1v) is 7.09. The van der Waals surface area contributed by atoms with E-state index in [2.05, 4.69) is 4.74 Å². The van der Waals surface area contributed by atoms with E-state index in [1.165, 1.54) is 7.11 Å². The Balaban J connectivity index is 2.45. The number of hydrogen-bond donors (Lipinski definition) is 0. The SMILES string of the molecule is COC(=O)CCC(=O)N1CCCN(C(=O)C(C)C)CC1. The first-order valence-electron chi connectivity index (χ1n) is 7.09. The van der Waals surface area contributed by atoms with Gasteiger partial charge in [-0.1, -0.05) is 13.8 Å². The molecule has 0 saturated carbocycles. The number of esters is 1. The average Bonchev–Trinajstić information content (AvgIpc) is 2.69. The zero-order valence-electron chi connectivity index (χ0n) is 12.6. The summed E-state index contributed by atoms with van der Waals surface area (Å²) in [6.07, 6.45) is 1.06. The summed E-state index contributed by atoms with van der Waals surface area (Å²) in [6.45, 7) is 6.21. The van der Waals surface area contributed by atoms with Crippen molar-refractivity contribution < 1.29 is 19.1 Å². The monoisotopic (exact) mass is 284 g/mol. The minimum absolute atomic E-state index is 0.0171. The molecule has 1 aliphatic heterocycles. The molecule has 0 atom stereocenters. The molecule has 20 heavy (non-hydrogen) atoms. The lowest BCUT2D eigenvalue weighted by Gasteiger charge is -2.23. The van der Waals surface area contributed by atoms with E-state index < -0.39 is 0 Å². The molecule has 0 radical (unpaired) electrons. The van der Waals surface area contributed by atoms with Crippen LogP contribution < -0.4 is 0 Å². The number of carbonyl (C=O) groups is 3. The molecule has 1 aliphatic rings. The van der Waals surface area contributed by atoms with Crippen molar-refractivity contribution in [3.8, 4) is 0 Å². The third kappa shape index (κ3) is 4.83. The van der Waals surface area contributed by atoms with Gasteiger partial charge in [0.25, 0.3) is 0 Å². The van der Waals surface area contributed by atoms with Crippen LogP contribution in [0.3, 0.4) is 0 Å². The number of hydrogen-bond acceptors (Lipinski definition) is 4. The van der Waals surface area contributed by atoms with E-state index in [0.29, 0.717) is 26.2 Å². The van der Waals surface area contributed by atoms with Gasteiger partial charge in [0, 0.05) is 38.5 Å². The Hall–Kier alpha value is -1.59. The van der Waals surface area contributed by atoms with E-state index in [0.717, 1.165) is 6.42 Å². The standard InChI is InChI=1S/C14H24N2O4/c1-11(2)14(19)16-8-4-7-15(9-10-16)12(17)5-6-13(18)20-3/h11H,4-10H2,1-3H3. The quantitative estimate of drug-likeness (QED) is 0.711. The molecule has 114 valence electrons. The van der Waals surface area contributed by atoms with Crippen LogP contribution in [-0.2, 0) is 19.1 Å². The molecule has 0 aromatic rings. The van der Waals surface area contributed by atoms with Gasteiger partial charge in [0.1, 0.15) is 0 Å². The van der Waals surface area contributed by atoms with Crippen LogP contribution in [0.4, 0.5) is 0 Å². The lowest BCUT2D eigenvalue weighted by Crippen LogP contribution is -2.39. The zero-order valence-corrected chi connectivity index (χ0v) is 12.6. The van der Waals surface area contributed by atoms with Gasteiger partial charge < -0.3 is 14.5 Å². The van der Waals surface area contributed by atoms with Crippen LogP contribution in [0.2, 0.25) is 0 Å². The molecule has 2 amide bonds. The fourth-order valence-electron chi connectivity index (χ4n) is 2.22. The molecule has 0 aromatic carbocycles. The second-order valence-electron chi connectivity index (χ2n) is 5.29. The highest BCUT2D eigenvalue weighted by Gasteiger charge is 2.23. The molecule has 0 bridgehead atoms. The van der Waals surface area contributed by atoms with Gasteiger partial charge in [-0.25, -0.2) is 0 Å². The highest BCUT2D eigenvalue weighted by molar-refractivity contribution is 5.81. The Labute approximate surface area is 120 Å². The van der Waals surface area contributed by atoms with Crippen LogP contribution in [0.5, 0.6) is 0 Å². The van der Waals surface area contributed by atoms with Gasteiger partial charge in [-0.15, -0.1) is 0 Å². The Morgan fingerprint density at radius 1 is 1.00 bits per heavy atom. The van der Waals surface area contributed by atoms with Crippen LogP contribution in [0.25, 0.3) is 0 Å². The first-order chi connectivity index (χ1) is 9.45. The van der Waals surface area contributed by atoms with E-state index in [-0.39, 0.29) is 36.5 Å². The fraction of sp³-hybridized carbons (Fsp3) is 0.786. The topological polar surface area (TPSA) is 66.9 Å². The summed E-state index contributed by atoms with van der Waals surface area (Å²) in [7, 11) is 1.31. The van der Waals surface area contributed by atoms with Crippen molar-refractivity contribution in [2.45, 2.75) is 33.1 Å². The van der Waals surface area contributed by atoms with Gasteiger partial charge >= 0.3 is 5.97 Å². The molecule has 1 saturated heterocycles. The van der Waals surface area contributed by atoms with Crippen molar-refractivity contribution in [1.29, 1.82) is 0 Å². The van der Waals surface area contributed by atoms with Crippen LogP contribution in [0.15, 0.2) is 0 Å². The highest BCUT2D eigenvalue weighted by atomic mass is 16.5. The lowest BCUT2D eigenvalue weighted by atomic mass is 10.2. The van der Waals surface area contributed by atoms with Crippen LogP contribution in [-0.4, -0.2) is 60.9 Å². The van der Waals surface area contributed by atoms with Gasteiger partial charge in [0.15, 0.2) is 0 Å². The summed E-state index contributed by atoms with van der Waals surface area (Å²) in [6, 6.07) is 0. The van der Waals surface area contributed by atoms with Crippen LogP contribution in [0.1, 0.15) is 33.1 Å². The molecular weight excluding hydrogens is 260 g/mol. The summed E-state index contributed by atoms with van der Waals surface area (Å²) >= 11 is 0. The van der Waals surface area contributed by atoms with Crippen molar-refractivity contribution in [3.63, 3.8) is 0 Å². The van der Waals surface area contributed by atoms with Gasteiger partial charge in [0.2, 0.25) is 11.8 Å². The smallest absolute Gasteiger partial charge is 0.306 e. The van der Waals surface area contributed by atoms with E-state index in [4.69, 9.17) is 0 Å². The van der Waals surface area contributed by atoms with Gasteiger partial charge in [-0.05, 0) is 6.42 Å². The predicted octanol–water partition coefficient (Wildman–Crippen LogP) is 0.656. The minimum atomic E-state index is -0.371. The molecular formula is C14H24N2O4. The number of ether oxygens (including phenoxy) is 1. The zero-order chi connectivity index (χ0) is 15.1. The third-order valence-corrected chi connectivity index (χ3v) is 3.42. The van der Waals surface area contributed by atoms with E-state index >= 15 is 0 Å². The minimum Gasteiger partial charge on any atom is -0.469 e. The molecule has 0 unspecified atom stereocenters. The molecule has 0 N–H and O–H groups in total. The molecule has 0 aromatic heterocycles. The molecule has 1 fully saturated rings. The van der Waals surface area contributed by atoms with Gasteiger partial charge in [-0.3, -0.25) is 14.4 Å². The van der Waals surface area contributed by atoms with Crippen LogP contribution in [0, 0.1) is 5.92 Å². The summed E-state index contributed by atoms with van der Waals surface area (Å²) in [5, 5.41) is 0. The Morgan fingerprint density at radius 2 is 1.60 bits per heavy atom. The summed E-state index contributed by atoms with van der Waals surface area (Å²) in [5.74, 6) is -0.301. The Bertz CT molecular complexity index is 368. The summed E-state index contributed by atoms with van der Waals surface area (Å²) in [4.78, 5) is 38.5. The normalized spacial score (nSPS) is 16.0. The maximum absolute atomic E-state index is 12.0. The van der Waals surface area contributed by atoms with Gasteiger partial charge in [0.05, 0.1) is 13.5 Å². The molecule has 6 nitrogen and oxygen atoms in total. The van der Waals surface area contributed by atoms with Crippen molar-refractivity contribution in [2.75, 3.05) is 33.3 Å². The fourth-order valence-corrected chi connectivity index (χ4v) is 2.22. The number of carbonyl (C=O) groups excluding carboxylic acids is 3. The van der Waals surface area contributed by atoms with Crippen molar-refractivity contribution in [3.05, 3.63) is 0 Å². The second kappa shape index (κ2) is 7.87. The molecule has 0 spiro atoms. The van der Waals surface area contributed by atoms with E-state index in [9.17, 15) is 14.4 Å². The maximum Gasteiger partial charge on any atom is 0.306 e. The van der Waals surface area contributed by atoms with Gasteiger partial charge in [-0.2, -0.15) is 0 Å². The predicted molar refractivity (Wildman–Crippen MR) is 73.9 cm³/mol. The molecule has 1 rings (SSSR count). The summed E-state index contributed by atoms with van der Waals surface area (Å²) in [5.41, 5.74) is 0. The number of amides is 2. The van der Waals surface area contributed by atoms with Crippen molar-refractivity contribution in [2.24, 2.45) is 5.92 Å². The highest BCUT2D eigenvalue weighted by Crippen LogP contribution is 2.09. The first kappa shape index (κ1) is 16.5. The largest absolute Gasteiger partial charge is 0.469 e. The number of rotatable bonds is 4. The third-order valence-electron chi connectivity index (χ3n) is 3.42.